The number of halogens is 2. The Bertz CT molecular complexity index is 1230. The molecule has 0 saturated heterocycles. The van der Waals surface area contributed by atoms with E-state index >= 15 is 0 Å². The summed E-state index contributed by atoms with van der Waals surface area (Å²) in [5.74, 6) is -0.425. The molecule has 4 rings (SSSR count). The lowest BCUT2D eigenvalue weighted by Gasteiger charge is -2.10. The van der Waals surface area contributed by atoms with Crippen LogP contribution in [0.3, 0.4) is 0 Å². The molecule has 0 unspecified atom stereocenters. The van der Waals surface area contributed by atoms with Gasteiger partial charge in [0.2, 0.25) is 0 Å². The van der Waals surface area contributed by atoms with Gasteiger partial charge in [0, 0.05) is 26.5 Å². The Hall–Kier alpha value is -2.80. The van der Waals surface area contributed by atoms with E-state index in [-0.39, 0.29) is 17.6 Å². The molecule has 146 valence electrons. The second-order valence-corrected chi connectivity index (χ2v) is 8.17. The van der Waals surface area contributed by atoms with Gasteiger partial charge in [-0.1, -0.05) is 29.3 Å². The zero-order valence-electron chi connectivity index (χ0n) is 15.1. The minimum absolute atomic E-state index is 0.223. The molecule has 0 bridgehead atoms. The molecule has 0 spiro atoms. The van der Waals surface area contributed by atoms with Gasteiger partial charge in [-0.05, 0) is 55.0 Å². The summed E-state index contributed by atoms with van der Waals surface area (Å²) in [5, 5.41) is 7.41. The van der Waals surface area contributed by atoms with Crippen LogP contribution in [-0.4, -0.2) is 11.8 Å². The number of carbonyl (C=O) groups is 2. The molecule has 0 fully saturated rings. The maximum absolute atomic E-state index is 12.7. The van der Waals surface area contributed by atoms with Crippen molar-refractivity contribution in [2.45, 2.75) is 6.92 Å². The van der Waals surface area contributed by atoms with E-state index in [1.165, 1.54) is 17.6 Å². The SMILES string of the molecule is Cc1cc(NC(=O)c2sc3cc(Cl)ccc3c2Cl)ccc1NC(=O)c1ccco1. The molecule has 29 heavy (non-hydrogen) atoms. The van der Waals surface area contributed by atoms with Gasteiger partial charge in [0.05, 0.1) is 11.3 Å². The molecule has 0 aliphatic heterocycles. The molecule has 2 amide bonds. The van der Waals surface area contributed by atoms with E-state index in [4.69, 9.17) is 27.6 Å². The Labute approximate surface area is 180 Å². The molecule has 2 aromatic carbocycles. The summed E-state index contributed by atoms with van der Waals surface area (Å²) in [5.41, 5.74) is 2.01. The van der Waals surface area contributed by atoms with Gasteiger partial charge in [0.25, 0.3) is 11.8 Å². The Kier molecular flexibility index (Phi) is 5.32. The molecule has 0 aliphatic carbocycles. The molecule has 5 nitrogen and oxygen atoms in total. The van der Waals surface area contributed by atoms with Crippen molar-refractivity contribution in [3.8, 4) is 0 Å². The number of fused-ring (bicyclic) bond motifs is 1. The zero-order chi connectivity index (χ0) is 20.5. The number of aryl methyl sites for hydroxylation is 1. The summed E-state index contributed by atoms with van der Waals surface area (Å²) < 4.78 is 5.93. The van der Waals surface area contributed by atoms with Crippen LogP contribution in [0.2, 0.25) is 10.0 Å². The van der Waals surface area contributed by atoms with Crippen molar-refractivity contribution < 1.29 is 14.0 Å². The molecule has 8 heteroatoms. The number of carbonyl (C=O) groups excluding carboxylic acids is 2. The molecule has 4 aromatic rings. The first-order valence-electron chi connectivity index (χ1n) is 8.57. The van der Waals surface area contributed by atoms with Gasteiger partial charge < -0.3 is 15.1 Å². The second-order valence-electron chi connectivity index (χ2n) is 6.30. The smallest absolute Gasteiger partial charge is 0.291 e. The van der Waals surface area contributed by atoms with E-state index in [2.05, 4.69) is 10.6 Å². The van der Waals surface area contributed by atoms with E-state index in [1.807, 2.05) is 6.92 Å². The first kappa shape index (κ1) is 19.5. The number of nitrogens with one attached hydrogen (secondary N) is 2. The maximum Gasteiger partial charge on any atom is 0.291 e. The van der Waals surface area contributed by atoms with Crippen molar-refractivity contribution in [3.05, 3.63) is 81.0 Å². The quantitative estimate of drug-likeness (QED) is 0.371. The third kappa shape index (κ3) is 4.00. The first-order valence-corrected chi connectivity index (χ1v) is 10.1. The standard InChI is InChI=1S/C21H14Cl2N2O3S/c1-11-9-13(5-7-15(11)25-20(26)16-3-2-8-28-16)24-21(27)19-18(23)14-6-4-12(22)10-17(14)29-19/h2-10H,1H3,(H,24,27)(H,25,26). The lowest BCUT2D eigenvalue weighted by atomic mass is 10.1. The number of anilines is 2. The van der Waals surface area contributed by atoms with Crippen LogP contribution in [0.4, 0.5) is 11.4 Å². The highest BCUT2D eigenvalue weighted by Crippen LogP contribution is 2.37. The van der Waals surface area contributed by atoms with Gasteiger partial charge in [-0.15, -0.1) is 11.3 Å². The van der Waals surface area contributed by atoms with Crippen LogP contribution in [0.5, 0.6) is 0 Å². The van der Waals surface area contributed by atoms with E-state index in [9.17, 15) is 9.59 Å². The number of rotatable bonds is 4. The number of amides is 2. The predicted molar refractivity (Wildman–Crippen MR) is 118 cm³/mol. The largest absolute Gasteiger partial charge is 0.459 e. The molecule has 2 heterocycles. The molecule has 0 radical (unpaired) electrons. The molecule has 0 aliphatic rings. The normalized spacial score (nSPS) is 10.9. The van der Waals surface area contributed by atoms with E-state index in [1.54, 1.807) is 48.5 Å². The highest BCUT2D eigenvalue weighted by atomic mass is 35.5. The van der Waals surface area contributed by atoms with Gasteiger partial charge in [0.1, 0.15) is 4.88 Å². The fraction of sp³-hybridized carbons (Fsp3) is 0.0476. The Morgan fingerprint density at radius 2 is 1.83 bits per heavy atom. The Balaban J connectivity index is 1.52. The van der Waals surface area contributed by atoms with Crippen LogP contribution < -0.4 is 10.6 Å². The van der Waals surface area contributed by atoms with Crippen LogP contribution >= 0.6 is 34.5 Å². The summed E-state index contributed by atoms with van der Waals surface area (Å²) in [6.45, 7) is 1.84. The van der Waals surface area contributed by atoms with Gasteiger partial charge >= 0.3 is 0 Å². The fourth-order valence-corrected chi connectivity index (χ4v) is 4.53. The molecular weight excluding hydrogens is 431 g/mol. The molecule has 2 N–H and O–H groups in total. The molecule has 2 aromatic heterocycles. The van der Waals surface area contributed by atoms with E-state index in [0.29, 0.717) is 26.3 Å². The average molecular weight is 445 g/mol. The van der Waals surface area contributed by atoms with Crippen molar-refractivity contribution in [2.75, 3.05) is 10.6 Å². The van der Waals surface area contributed by atoms with E-state index < -0.39 is 0 Å². The van der Waals surface area contributed by atoms with Crippen molar-refractivity contribution in [1.29, 1.82) is 0 Å². The van der Waals surface area contributed by atoms with Crippen LogP contribution in [0.25, 0.3) is 10.1 Å². The minimum atomic E-state index is -0.342. The third-order valence-corrected chi connectivity index (χ3v) is 6.17. The van der Waals surface area contributed by atoms with Gasteiger partial charge in [-0.3, -0.25) is 9.59 Å². The number of thiophene rings is 1. The number of furan rings is 1. The fourth-order valence-electron chi connectivity index (χ4n) is 2.85. The summed E-state index contributed by atoms with van der Waals surface area (Å²) >= 11 is 13.7. The first-order chi connectivity index (χ1) is 13.9. The van der Waals surface area contributed by atoms with Gasteiger partial charge in [-0.25, -0.2) is 0 Å². The number of hydrogen-bond acceptors (Lipinski definition) is 4. The predicted octanol–water partition coefficient (Wildman–Crippen LogP) is 6.61. The highest BCUT2D eigenvalue weighted by Gasteiger charge is 2.18. The Morgan fingerprint density at radius 3 is 2.55 bits per heavy atom. The van der Waals surface area contributed by atoms with Gasteiger partial charge in [-0.2, -0.15) is 0 Å². The van der Waals surface area contributed by atoms with Gasteiger partial charge in [0.15, 0.2) is 5.76 Å². The Morgan fingerprint density at radius 1 is 1.00 bits per heavy atom. The second kappa shape index (κ2) is 7.91. The summed E-state index contributed by atoms with van der Waals surface area (Å²) in [6, 6.07) is 13.8. The lowest BCUT2D eigenvalue weighted by Crippen LogP contribution is -2.13. The third-order valence-electron chi connectivity index (χ3n) is 4.28. The number of benzene rings is 2. The molecule has 0 atom stereocenters. The average Bonchev–Trinajstić information content (AvgIpc) is 3.32. The molecular formula is C21H14Cl2N2O3S. The van der Waals surface area contributed by atoms with Crippen molar-refractivity contribution in [1.82, 2.24) is 0 Å². The van der Waals surface area contributed by atoms with Crippen molar-refractivity contribution in [3.63, 3.8) is 0 Å². The topological polar surface area (TPSA) is 71.3 Å². The van der Waals surface area contributed by atoms with Crippen molar-refractivity contribution in [2.24, 2.45) is 0 Å². The molecule has 0 saturated carbocycles. The minimum Gasteiger partial charge on any atom is -0.459 e. The van der Waals surface area contributed by atoms with E-state index in [0.717, 1.165) is 15.6 Å². The number of hydrogen-bond donors (Lipinski definition) is 2. The highest BCUT2D eigenvalue weighted by molar-refractivity contribution is 7.21. The van der Waals surface area contributed by atoms with Crippen molar-refractivity contribution >= 4 is 67.8 Å². The van der Waals surface area contributed by atoms with Crippen LogP contribution in [0, 0.1) is 6.92 Å². The summed E-state index contributed by atoms with van der Waals surface area (Å²) in [6.07, 6.45) is 1.44. The van der Waals surface area contributed by atoms with Crippen LogP contribution in [0.1, 0.15) is 25.8 Å². The summed E-state index contributed by atoms with van der Waals surface area (Å²) in [4.78, 5) is 25.3. The summed E-state index contributed by atoms with van der Waals surface area (Å²) in [7, 11) is 0. The maximum atomic E-state index is 12.7. The lowest BCUT2D eigenvalue weighted by molar-refractivity contribution is 0.0994. The van der Waals surface area contributed by atoms with Crippen LogP contribution in [-0.2, 0) is 0 Å². The van der Waals surface area contributed by atoms with Crippen LogP contribution in [0.15, 0.2) is 59.2 Å². The zero-order valence-corrected chi connectivity index (χ0v) is 17.4. The monoisotopic (exact) mass is 444 g/mol.